The van der Waals surface area contributed by atoms with E-state index in [4.69, 9.17) is 4.74 Å². The Labute approximate surface area is 170 Å². The molecule has 1 saturated heterocycles. The van der Waals surface area contributed by atoms with Gasteiger partial charge in [-0.15, -0.1) is 0 Å². The van der Waals surface area contributed by atoms with Gasteiger partial charge in [0.1, 0.15) is 5.75 Å². The van der Waals surface area contributed by atoms with Gasteiger partial charge in [0.05, 0.1) is 12.8 Å². The number of ether oxygens (including phenoxy) is 1. The maximum Gasteiger partial charge on any atom is 0.314 e. The SMILES string of the molecule is COc1ccc(NC(=O)C(=O)Nc2ccc(C(C)C)cc2)cc1N1CCCC1=O. The molecular weight excluding hydrogens is 370 g/mol. The summed E-state index contributed by atoms with van der Waals surface area (Å²) in [5.74, 6) is -0.629. The van der Waals surface area contributed by atoms with Crippen LogP contribution in [0.1, 0.15) is 38.2 Å². The molecule has 3 rings (SSSR count). The lowest BCUT2D eigenvalue weighted by atomic mass is 10.0. The first-order valence-electron chi connectivity index (χ1n) is 9.59. The van der Waals surface area contributed by atoms with Gasteiger partial charge in [0.2, 0.25) is 5.91 Å². The fourth-order valence-electron chi connectivity index (χ4n) is 3.21. The van der Waals surface area contributed by atoms with Gasteiger partial charge >= 0.3 is 11.8 Å². The van der Waals surface area contributed by atoms with Crippen LogP contribution in [0.25, 0.3) is 0 Å². The maximum absolute atomic E-state index is 12.3. The Morgan fingerprint density at radius 2 is 1.62 bits per heavy atom. The molecule has 0 radical (unpaired) electrons. The Balaban J connectivity index is 1.69. The molecule has 7 nitrogen and oxygen atoms in total. The van der Waals surface area contributed by atoms with Crippen molar-refractivity contribution in [1.82, 2.24) is 0 Å². The van der Waals surface area contributed by atoms with Crippen molar-refractivity contribution in [2.45, 2.75) is 32.6 Å². The van der Waals surface area contributed by atoms with E-state index in [-0.39, 0.29) is 5.91 Å². The molecule has 0 bridgehead atoms. The number of methoxy groups -OCH3 is 1. The van der Waals surface area contributed by atoms with E-state index in [0.717, 1.165) is 12.0 Å². The Kier molecular flexibility index (Phi) is 6.16. The number of hydrogen-bond acceptors (Lipinski definition) is 4. The standard InChI is InChI=1S/C22H25N3O4/c1-14(2)15-6-8-16(9-7-15)23-21(27)22(28)24-17-10-11-19(29-3)18(13-17)25-12-4-5-20(25)26/h6-11,13-14H,4-5,12H2,1-3H3,(H,23,27)(H,24,28). The Morgan fingerprint density at radius 3 is 2.17 bits per heavy atom. The molecule has 29 heavy (non-hydrogen) atoms. The third kappa shape index (κ3) is 4.74. The van der Waals surface area contributed by atoms with E-state index < -0.39 is 11.8 Å². The molecule has 1 heterocycles. The summed E-state index contributed by atoms with van der Waals surface area (Å²) >= 11 is 0. The van der Waals surface area contributed by atoms with E-state index in [1.807, 2.05) is 12.1 Å². The molecule has 0 spiro atoms. The monoisotopic (exact) mass is 395 g/mol. The fourth-order valence-corrected chi connectivity index (χ4v) is 3.21. The minimum atomic E-state index is -0.790. The van der Waals surface area contributed by atoms with Gasteiger partial charge in [0.15, 0.2) is 0 Å². The van der Waals surface area contributed by atoms with Gasteiger partial charge in [-0.25, -0.2) is 0 Å². The predicted octanol–water partition coefficient (Wildman–Crippen LogP) is 3.52. The van der Waals surface area contributed by atoms with E-state index in [2.05, 4.69) is 24.5 Å². The average molecular weight is 395 g/mol. The van der Waals surface area contributed by atoms with Gasteiger partial charge in [-0.3, -0.25) is 14.4 Å². The highest BCUT2D eigenvalue weighted by molar-refractivity contribution is 6.43. The third-order valence-electron chi connectivity index (χ3n) is 4.84. The van der Waals surface area contributed by atoms with Crippen LogP contribution in [0.5, 0.6) is 5.75 Å². The summed E-state index contributed by atoms with van der Waals surface area (Å²) in [5, 5.41) is 5.16. The molecule has 1 fully saturated rings. The van der Waals surface area contributed by atoms with Crippen LogP contribution in [-0.2, 0) is 14.4 Å². The highest BCUT2D eigenvalue weighted by Gasteiger charge is 2.25. The largest absolute Gasteiger partial charge is 0.495 e. The molecule has 0 aliphatic carbocycles. The van der Waals surface area contributed by atoms with Gasteiger partial charge in [0.25, 0.3) is 0 Å². The van der Waals surface area contributed by atoms with Crippen molar-refractivity contribution >= 4 is 34.8 Å². The summed E-state index contributed by atoms with van der Waals surface area (Å²) in [4.78, 5) is 38.3. The summed E-state index contributed by atoms with van der Waals surface area (Å²) in [5.41, 5.74) is 2.69. The topological polar surface area (TPSA) is 87.7 Å². The van der Waals surface area contributed by atoms with Gasteiger partial charge in [0, 0.05) is 24.3 Å². The number of benzene rings is 2. The van der Waals surface area contributed by atoms with Crippen LogP contribution in [0.4, 0.5) is 17.1 Å². The first-order chi connectivity index (χ1) is 13.9. The molecule has 1 aliphatic rings. The highest BCUT2D eigenvalue weighted by atomic mass is 16.5. The molecule has 152 valence electrons. The summed E-state index contributed by atoms with van der Waals surface area (Å²) in [6.07, 6.45) is 1.26. The molecule has 7 heteroatoms. The van der Waals surface area contributed by atoms with E-state index in [0.29, 0.717) is 41.7 Å². The van der Waals surface area contributed by atoms with E-state index in [1.54, 1.807) is 35.2 Å². The molecule has 0 unspecified atom stereocenters. The molecule has 2 N–H and O–H groups in total. The van der Waals surface area contributed by atoms with Crippen molar-refractivity contribution in [3.05, 3.63) is 48.0 Å². The lowest BCUT2D eigenvalue weighted by molar-refractivity contribution is -0.132. The number of amides is 3. The second-order valence-corrected chi connectivity index (χ2v) is 7.22. The van der Waals surface area contributed by atoms with Crippen molar-refractivity contribution in [3.8, 4) is 5.75 Å². The molecule has 0 atom stereocenters. The highest BCUT2D eigenvalue weighted by Crippen LogP contribution is 2.34. The van der Waals surface area contributed by atoms with Gasteiger partial charge in [-0.1, -0.05) is 26.0 Å². The van der Waals surface area contributed by atoms with Crippen molar-refractivity contribution in [2.24, 2.45) is 0 Å². The number of hydrogen-bond donors (Lipinski definition) is 2. The first kappa shape index (κ1) is 20.4. The Morgan fingerprint density at radius 1 is 1.00 bits per heavy atom. The summed E-state index contributed by atoms with van der Waals surface area (Å²) in [7, 11) is 1.52. The van der Waals surface area contributed by atoms with Crippen molar-refractivity contribution in [2.75, 3.05) is 29.2 Å². The van der Waals surface area contributed by atoms with E-state index >= 15 is 0 Å². The summed E-state index contributed by atoms with van der Waals surface area (Å²) in [6, 6.07) is 12.3. The third-order valence-corrected chi connectivity index (χ3v) is 4.84. The first-order valence-corrected chi connectivity index (χ1v) is 9.59. The molecule has 2 aromatic rings. The summed E-state index contributed by atoms with van der Waals surface area (Å²) in [6.45, 7) is 4.76. The molecule has 1 aliphatic heterocycles. The van der Waals surface area contributed by atoms with Crippen molar-refractivity contribution in [3.63, 3.8) is 0 Å². The van der Waals surface area contributed by atoms with Crippen LogP contribution in [0.15, 0.2) is 42.5 Å². The fraction of sp³-hybridized carbons (Fsp3) is 0.318. The normalized spacial score (nSPS) is 13.5. The second kappa shape index (κ2) is 8.77. The molecule has 2 aromatic carbocycles. The molecule has 0 saturated carbocycles. The van der Waals surface area contributed by atoms with Crippen LogP contribution in [-0.4, -0.2) is 31.4 Å². The van der Waals surface area contributed by atoms with E-state index in [1.165, 1.54) is 7.11 Å². The number of nitrogens with zero attached hydrogens (tertiary/aromatic N) is 1. The smallest absolute Gasteiger partial charge is 0.314 e. The predicted molar refractivity (Wildman–Crippen MR) is 112 cm³/mol. The van der Waals surface area contributed by atoms with Gasteiger partial charge < -0.3 is 20.3 Å². The van der Waals surface area contributed by atoms with Crippen molar-refractivity contribution < 1.29 is 19.1 Å². The van der Waals surface area contributed by atoms with Gasteiger partial charge in [-0.2, -0.15) is 0 Å². The maximum atomic E-state index is 12.3. The lowest BCUT2D eigenvalue weighted by Crippen LogP contribution is -2.29. The number of carbonyl (C=O) groups excluding carboxylic acids is 3. The van der Waals surface area contributed by atoms with Crippen LogP contribution in [0.3, 0.4) is 0 Å². The zero-order valence-corrected chi connectivity index (χ0v) is 16.8. The molecule has 3 amide bonds. The zero-order valence-electron chi connectivity index (χ0n) is 16.8. The Bertz CT molecular complexity index is 922. The van der Waals surface area contributed by atoms with E-state index in [9.17, 15) is 14.4 Å². The minimum absolute atomic E-state index is 0.00867. The quantitative estimate of drug-likeness (QED) is 0.758. The van der Waals surface area contributed by atoms with Crippen LogP contribution in [0.2, 0.25) is 0 Å². The Hall–Kier alpha value is -3.35. The molecule has 0 aromatic heterocycles. The van der Waals surface area contributed by atoms with Crippen LogP contribution < -0.4 is 20.3 Å². The van der Waals surface area contributed by atoms with Crippen LogP contribution >= 0.6 is 0 Å². The second-order valence-electron chi connectivity index (χ2n) is 7.22. The van der Waals surface area contributed by atoms with Crippen LogP contribution in [0, 0.1) is 0 Å². The lowest BCUT2D eigenvalue weighted by Gasteiger charge is -2.20. The minimum Gasteiger partial charge on any atom is -0.495 e. The average Bonchev–Trinajstić information content (AvgIpc) is 3.14. The number of carbonyl (C=O) groups is 3. The molecular formula is C22H25N3O4. The zero-order chi connectivity index (χ0) is 21.0. The number of rotatable bonds is 5. The summed E-state index contributed by atoms with van der Waals surface area (Å²) < 4.78 is 5.33. The van der Waals surface area contributed by atoms with Gasteiger partial charge in [-0.05, 0) is 48.2 Å². The van der Waals surface area contributed by atoms with Crippen molar-refractivity contribution in [1.29, 1.82) is 0 Å². The number of anilines is 3. The number of nitrogens with one attached hydrogen (secondary N) is 2.